The number of nitrogens with zero attached hydrogens (tertiary/aromatic N) is 2. The molecule has 0 saturated heterocycles. The predicted octanol–water partition coefficient (Wildman–Crippen LogP) is -0.860. The summed E-state index contributed by atoms with van der Waals surface area (Å²) in [5, 5.41) is 0.0350. The second kappa shape index (κ2) is 4.54. The van der Waals surface area contributed by atoms with Crippen LogP contribution >= 0.6 is 0 Å². The summed E-state index contributed by atoms with van der Waals surface area (Å²) in [6.07, 6.45) is 2.97. The van der Waals surface area contributed by atoms with Gasteiger partial charge in [0, 0.05) is 25.8 Å². The Morgan fingerprint density at radius 2 is 2.36 bits per heavy atom. The molecule has 0 aromatic carbocycles. The Labute approximate surface area is 83.2 Å². The summed E-state index contributed by atoms with van der Waals surface area (Å²) in [5.74, 6) is 0. The van der Waals surface area contributed by atoms with E-state index in [-0.39, 0.29) is 18.1 Å². The first-order valence-corrected chi connectivity index (χ1v) is 5.80. The lowest BCUT2D eigenvalue weighted by Crippen LogP contribution is -2.29. The summed E-state index contributed by atoms with van der Waals surface area (Å²) in [6, 6.07) is 0. The first-order chi connectivity index (χ1) is 6.60. The van der Waals surface area contributed by atoms with Crippen molar-refractivity contribution in [3.8, 4) is 0 Å². The van der Waals surface area contributed by atoms with Crippen LogP contribution in [0.25, 0.3) is 0 Å². The zero-order chi connectivity index (χ0) is 10.6. The van der Waals surface area contributed by atoms with E-state index in [1.807, 2.05) is 6.92 Å². The van der Waals surface area contributed by atoms with Crippen LogP contribution < -0.4 is 10.5 Å². The first-order valence-electron chi connectivity index (χ1n) is 4.31. The quantitative estimate of drug-likeness (QED) is 0.673. The number of sulfonamides is 1. The predicted molar refractivity (Wildman–Crippen MR) is 52.1 cm³/mol. The van der Waals surface area contributed by atoms with E-state index in [1.54, 1.807) is 4.57 Å². The molecular formula is C7H14N4O2S. The van der Waals surface area contributed by atoms with Gasteiger partial charge in [0.1, 0.15) is 0 Å². The molecule has 0 spiro atoms. The van der Waals surface area contributed by atoms with Crippen LogP contribution in [0, 0.1) is 0 Å². The first kappa shape index (κ1) is 11.2. The molecule has 1 heterocycles. The van der Waals surface area contributed by atoms with Crippen molar-refractivity contribution in [1.29, 1.82) is 0 Å². The van der Waals surface area contributed by atoms with Crippen molar-refractivity contribution in [3.63, 3.8) is 0 Å². The Hall–Kier alpha value is -0.920. The van der Waals surface area contributed by atoms with Crippen molar-refractivity contribution in [3.05, 3.63) is 12.5 Å². The van der Waals surface area contributed by atoms with E-state index in [4.69, 9.17) is 5.73 Å². The Bertz CT molecular complexity index is 384. The van der Waals surface area contributed by atoms with Gasteiger partial charge in [-0.1, -0.05) is 0 Å². The van der Waals surface area contributed by atoms with Crippen LogP contribution in [-0.2, 0) is 16.6 Å². The minimum absolute atomic E-state index is 0.0350. The number of aryl methyl sites for hydroxylation is 1. The number of imidazole rings is 1. The number of nitrogens with two attached hydrogens (primary N) is 1. The fourth-order valence-electron chi connectivity index (χ4n) is 0.919. The monoisotopic (exact) mass is 218 g/mol. The van der Waals surface area contributed by atoms with E-state index < -0.39 is 10.0 Å². The fraction of sp³-hybridized carbons (Fsp3) is 0.571. The summed E-state index contributed by atoms with van der Waals surface area (Å²) < 4.78 is 27.0. The maximum absolute atomic E-state index is 11.5. The van der Waals surface area contributed by atoms with Gasteiger partial charge in [-0.05, 0) is 6.92 Å². The number of hydrogen-bond donors (Lipinski definition) is 2. The van der Waals surface area contributed by atoms with Crippen LogP contribution in [0.1, 0.15) is 6.92 Å². The molecule has 0 fully saturated rings. The lowest BCUT2D eigenvalue weighted by Gasteiger charge is -2.00. The van der Waals surface area contributed by atoms with Gasteiger partial charge >= 0.3 is 0 Å². The maximum Gasteiger partial charge on any atom is 0.259 e. The molecule has 1 rings (SSSR count). The summed E-state index contributed by atoms with van der Waals surface area (Å²) in [5.41, 5.74) is 5.19. The Balaban J connectivity index is 2.81. The number of hydrogen-bond acceptors (Lipinski definition) is 4. The summed E-state index contributed by atoms with van der Waals surface area (Å²) in [6.45, 7) is 3.10. The van der Waals surface area contributed by atoms with Crippen LogP contribution in [0.4, 0.5) is 0 Å². The highest BCUT2D eigenvalue weighted by Gasteiger charge is 2.15. The largest absolute Gasteiger partial charge is 0.336 e. The van der Waals surface area contributed by atoms with Crippen molar-refractivity contribution in [2.24, 2.45) is 5.73 Å². The molecule has 3 N–H and O–H groups in total. The van der Waals surface area contributed by atoms with Gasteiger partial charge in [0.15, 0.2) is 5.03 Å². The van der Waals surface area contributed by atoms with Crippen molar-refractivity contribution < 1.29 is 8.42 Å². The van der Waals surface area contributed by atoms with Crippen LogP contribution in [0.15, 0.2) is 17.6 Å². The van der Waals surface area contributed by atoms with Gasteiger partial charge in [-0.2, -0.15) is 0 Å². The molecule has 0 saturated carbocycles. The number of aromatic nitrogens is 2. The van der Waals surface area contributed by atoms with Gasteiger partial charge in [-0.3, -0.25) is 0 Å². The van der Waals surface area contributed by atoms with E-state index >= 15 is 0 Å². The van der Waals surface area contributed by atoms with E-state index in [0.29, 0.717) is 6.54 Å². The molecule has 80 valence electrons. The molecule has 0 aliphatic rings. The van der Waals surface area contributed by atoms with Crippen LogP contribution in [0.3, 0.4) is 0 Å². The van der Waals surface area contributed by atoms with E-state index in [9.17, 15) is 8.42 Å². The Kier molecular flexibility index (Phi) is 3.62. The molecule has 0 atom stereocenters. The van der Waals surface area contributed by atoms with Gasteiger partial charge in [0.05, 0.1) is 6.33 Å². The van der Waals surface area contributed by atoms with Crippen molar-refractivity contribution >= 4 is 10.0 Å². The molecule has 1 aromatic rings. The van der Waals surface area contributed by atoms with Crippen LogP contribution in [0.5, 0.6) is 0 Å². The molecule has 6 nitrogen and oxygen atoms in total. The average molecular weight is 218 g/mol. The summed E-state index contributed by atoms with van der Waals surface area (Å²) in [4.78, 5) is 3.78. The average Bonchev–Trinajstić information content (AvgIpc) is 2.63. The van der Waals surface area contributed by atoms with Gasteiger partial charge in [0.25, 0.3) is 10.0 Å². The zero-order valence-electron chi connectivity index (χ0n) is 7.97. The maximum atomic E-state index is 11.5. The standard InChI is InChI=1S/C7H14N4O2S/c1-2-11-5-7(9-6-11)14(12,13)10-4-3-8/h5-6,10H,2-4,8H2,1H3. The Morgan fingerprint density at radius 3 is 2.86 bits per heavy atom. The molecule has 0 aliphatic carbocycles. The topological polar surface area (TPSA) is 90.0 Å². The minimum atomic E-state index is -3.47. The van der Waals surface area contributed by atoms with Gasteiger partial charge in [-0.15, -0.1) is 0 Å². The summed E-state index contributed by atoms with van der Waals surface area (Å²) >= 11 is 0. The van der Waals surface area contributed by atoms with E-state index in [0.717, 1.165) is 0 Å². The van der Waals surface area contributed by atoms with Crippen LogP contribution in [0.2, 0.25) is 0 Å². The molecule has 0 amide bonds. The molecule has 0 aliphatic heterocycles. The molecule has 0 bridgehead atoms. The van der Waals surface area contributed by atoms with Gasteiger partial charge < -0.3 is 10.3 Å². The highest BCUT2D eigenvalue weighted by Crippen LogP contribution is 2.03. The molecule has 0 unspecified atom stereocenters. The SMILES string of the molecule is CCn1cnc(S(=O)(=O)NCCN)c1. The molecule has 0 radical (unpaired) electrons. The third kappa shape index (κ3) is 2.53. The smallest absolute Gasteiger partial charge is 0.259 e. The van der Waals surface area contributed by atoms with E-state index in [1.165, 1.54) is 12.5 Å². The van der Waals surface area contributed by atoms with Crippen molar-refractivity contribution in [1.82, 2.24) is 14.3 Å². The van der Waals surface area contributed by atoms with E-state index in [2.05, 4.69) is 9.71 Å². The molecule has 7 heteroatoms. The lowest BCUT2D eigenvalue weighted by molar-refractivity contribution is 0.578. The zero-order valence-corrected chi connectivity index (χ0v) is 8.79. The lowest BCUT2D eigenvalue weighted by atomic mass is 10.7. The number of nitrogens with one attached hydrogen (secondary N) is 1. The molecular weight excluding hydrogens is 204 g/mol. The molecule has 1 aromatic heterocycles. The fourth-order valence-corrected chi connectivity index (χ4v) is 1.91. The van der Waals surface area contributed by atoms with Gasteiger partial charge in [0.2, 0.25) is 0 Å². The van der Waals surface area contributed by atoms with Crippen LogP contribution in [-0.4, -0.2) is 31.1 Å². The highest BCUT2D eigenvalue weighted by molar-refractivity contribution is 7.89. The normalized spacial score (nSPS) is 11.9. The minimum Gasteiger partial charge on any atom is -0.336 e. The summed E-state index contributed by atoms with van der Waals surface area (Å²) in [7, 11) is -3.47. The van der Waals surface area contributed by atoms with Crippen molar-refractivity contribution in [2.75, 3.05) is 13.1 Å². The molecule has 14 heavy (non-hydrogen) atoms. The third-order valence-electron chi connectivity index (χ3n) is 1.69. The van der Waals surface area contributed by atoms with Crippen molar-refractivity contribution in [2.45, 2.75) is 18.5 Å². The highest BCUT2D eigenvalue weighted by atomic mass is 32.2. The second-order valence-corrected chi connectivity index (χ2v) is 4.44. The number of rotatable bonds is 5. The van der Waals surface area contributed by atoms with Gasteiger partial charge in [-0.25, -0.2) is 18.1 Å². The third-order valence-corrected chi connectivity index (χ3v) is 3.03. The Morgan fingerprint density at radius 1 is 1.64 bits per heavy atom. The second-order valence-electron chi connectivity index (χ2n) is 2.73.